The predicted molar refractivity (Wildman–Crippen MR) is 91.7 cm³/mol. The van der Waals surface area contributed by atoms with Crippen LogP contribution in [0.15, 0.2) is 35.3 Å². The number of rotatable bonds is 4. The SMILES string of the molecule is C=NCCCNC.CO.CSC.Cc1ccccc1. The highest BCUT2D eigenvalue weighted by Crippen LogP contribution is 1.92. The molecule has 0 aliphatic rings. The van der Waals surface area contributed by atoms with E-state index in [0.29, 0.717) is 0 Å². The number of aliphatic imine (C=N–C) groups is 1. The first kappa shape index (κ1) is 23.3. The lowest BCUT2D eigenvalue weighted by atomic mass is 10.2. The highest BCUT2D eigenvalue weighted by molar-refractivity contribution is 7.97. The van der Waals surface area contributed by atoms with Crippen molar-refractivity contribution in [1.29, 1.82) is 0 Å². The Labute approximate surface area is 123 Å². The summed E-state index contributed by atoms with van der Waals surface area (Å²) in [6.07, 6.45) is 5.18. The smallest absolute Gasteiger partial charge is 0.0394 e. The van der Waals surface area contributed by atoms with Crippen molar-refractivity contribution in [3.05, 3.63) is 35.9 Å². The standard InChI is InChI=1S/C7H8.C5H12N2.C2H6S.CH4O/c1-7-5-3-2-4-6-7;1-6-4-3-5-7-2;1-3-2;1-2/h2-6H,1H3;7H,1,3-5H2,2H3;1-2H3;2H,1H3. The maximum Gasteiger partial charge on any atom is 0.0394 e. The van der Waals surface area contributed by atoms with Crippen molar-refractivity contribution >= 4 is 18.5 Å². The molecule has 4 heteroatoms. The fraction of sp³-hybridized carbons (Fsp3) is 0.533. The summed E-state index contributed by atoms with van der Waals surface area (Å²) in [5, 5.41) is 10.0. The molecule has 0 amide bonds. The van der Waals surface area contributed by atoms with E-state index in [1.54, 1.807) is 11.8 Å². The van der Waals surface area contributed by atoms with Gasteiger partial charge in [0, 0.05) is 13.7 Å². The highest BCUT2D eigenvalue weighted by Gasteiger charge is 1.76. The molecule has 0 aromatic heterocycles. The van der Waals surface area contributed by atoms with Crippen molar-refractivity contribution in [2.24, 2.45) is 4.99 Å². The van der Waals surface area contributed by atoms with Crippen LogP contribution in [0.5, 0.6) is 0 Å². The van der Waals surface area contributed by atoms with Crippen LogP contribution in [0.4, 0.5) is 0 Å². The van der Waals surface area contributed by atoms with E-state index in [9.17, 15) is 0 Å². The second-order valence-electron chi connectivity index (χ2n) is 3.47. The third kappa shape index (κ3) is 31.7. The van der Waals surface area contributed by atoms with Gasteiger partial charge in [-0.3, -0.25) is 0 Å². The Morgan fingerprint density at radius 1 is 1.21 bits per heavy atom. The Morgan fingerprint density at radius 2 is 1.68 bits per heavy atom. The lowest BCUT2D eigenvalue weighted by Gasteiger charge is -1.90. The molecule has 2 N–H and O–H groups in total. The topological polar surface area (TPSA) is 44.6 Å². The van der Waals surface area contributed by atoms with Crippen LogP contribution >= 0.6 is 11.8 Å². The summed E-state index contributed by atoms with van der Waals surface area (Å²) in [6, 6.07) is 10.3. The summed E-state index contributed by atoms with van der Waals surface area (Å²) in [6.45, 7) is 7.35. The molecule has 0 heterocycles. The van der Waals surface area contributed by atoms with Crippen LogP contribution in [0.25, 0.3) is 0 Å². The minimum atomic E-state index is 0.876. The lowest BCUT2D eigenvalue weighted by molar-refractivity contribution is 0.399. The molecule has 0 spiro atoms. The van der Waals surface area contributed by atoms with Crippen LogP contribution in [0.2, 0.25) is 0 Å². The first-order valence-corrected chi connectivity index (χ1v) is 7.79. The molecule has 112 valence electrons. The van der Waals surface area contributed by atoms with E-state index in [0.717, 1.165) is 26.6 Å². The van der Waals surface area contributed by atoms with Crippen LogP contribution in [0.3, 0.4) is 0 Å². The van der Waals surface area contributed by atoms with E-state index < -0.39 is 0 Å². The van der Waals surface area contributed by atoms with Crippen LogP contribution in [-0.2, 0) is 0 Å². The van der Waals surface area contributed by atoms with Crippen molar-refractivity contribution in [2.45, 2.75) is 13.3 Å². The van der Waals surface area contributed by atoms with Gasteiger partial charge in [0.25, 0.3) is 0 Å². The second kappa shape index (κ2) is 25.9. The Kier molecular flexibility index (Phi) is 31.7. The molecule has 1 aromatic carbocycles. The third-order valence-electron chi connectivity index (χ3n) is 1.68. The molecule has 0 aliphatic heterocycles. The number of hydrogen-bond acceptors (Lipinski definition) is 4. The van der Waals surface area contributed by atoms with E-state index in [1.807, 2.05) is 37.8 Å². The Balaban J connectivity index is -0.000000203. The first-order chi connectivity index (χ1) is 9.22. The van der Waals surface area contributed by atoms with Gasteiger partial charge < -0.3 is 15.4 Å². The van der Waals surface area contributed by atoms with Crippen molar-refractivity contribution in [2.75, 3.05) is 39.8 Å². The van der Waals surface area contributed by atoms with Gasteiger partial charge in [-0.2, -0.15) is 11.8 Å². The third-order valence-corrected chi connectivity index (χ3v) is 1.68. The Hall–Kier alpha value is -0.840. The number of aliphatic hydroxyl groups excluding tert-OH is 1. The van der Waals surface area contributed by atoms with Crippen molar-refractivity contribution in [1.82, 2.24) is 5.32 Å². The van der Waals surface area contributed by atoms with E-state index in [-0.39, 0.29) is 0 Å². The average Bonchev–Trinajstić information content (AvgIpc) is 2.44. The van der Waals surface area contributed by atoms with Gasteiger partial charge in [0.2, 0.25) is 0 Å². The molecule has 3 nitrogen and oxygen atoms in total. The summed E-state index contributed by atoms with van der Waals surface area (Å²) in [7, 11) is 2.93. The summed E-state index contributed by atoms with van der Waals surface area (Å²) in [4.78, 5) is 3.68. The molecule has 0 saturated heterocycles. The summed E-state index contributed by atoms with van der Waals surface area (Å²) >= 11 is 1.75. The summed E-state index contributed by atoms with van der Waals surface area (Å²) in [5.41, 5.74) is 1.32. The Bertz CT molecular complexity index is 243. The molecule has 0 unspecified atom stereocenters. The minimum Gasteiger partial charge on any atom is -0.400 e. The number of nitrogens with one attached hydrogen (secondary N) is 1. The second-order valence-corrected chi connectivity index (χ2v) is 4.28. The van der Waals surface area contributed by atoms with Crippen molar-refractivity contribution < 1.29 is 5.11 Å². The summed E-state index contributed by atoms with van der Waals surface area (Å²) in [5.74, 6) is 0. The lowest BCUT2D eigenvalue weighted by Crippen LogP contribution is -2.08. The number of hydrogen-bond donors (Lipinski definition) is 2. The fourth-order valence-corrected chi connectivity index (χ4v) is 0.902. The summed E-state index contributed by atoms with van der Waals surface area (Å²) < 4.78 is 0. The van der Waals surface area contributed by atoms with Crippen LogP contribution in [0.1, 0.15) is 12.0 Å². The maximum atomic E-state index is 7.00. The molecule has 19 heavy (non-hydrogen) atoms. The van der Waals surface area contributed by atoms with Gasteiger partial charge in [0.1, 0.15) is 0 Å². The number of aliphatic hydroxyl groups is 1. The van der Waals surface area contributed by atoms with Crippen LogP contribution < -0.4 is 5.32 Å². The number of nitrogens with zero attached hydrogens (tertiary/aromatic N) is 1. The van der Waals surface area contributed by atoms with Gasteiger partial charge in [-0.15, -0.1) is 0 Å². The largest absolute Gasteiger partial charge is 0.400 e. The van der Waals surface area contributed by atoms with E-state index in [2.05, 4.69) is 36.1 Å². The van der Waals surface area contributed by atoms with E-state index >= 15 is 0 Å². The molecule has 1 rings (SSSR count). The molecule has 1 aromatic rings. The minimum absolute atomic E-state index is 0.876. The predicted octanol–water partition coefficient (Wildman–Crippen LogP) is 2.88. The van der Waals surface area contributed by atoms with Crippen LogP contribution in [0, 0.1) is 6.92 Å². The maximum absolute atomic E-state index is 7.00. The van der Waals surface area contributed by atoms with E-state index in [4.69, 9.17) is 5.11 Å². The van der Waals surface area contributed by atoms with E-state index in [1.165, 1.54) is 5.56 Å². The first-order valence-electron chi connectivity index (χ1n) is 6.16. The quantitative estimate of drug-likeness (QED) is 0.661. The molecule has 0 atom stereocenters. The monoisotopic (exact) mass is 286 g/mol. The molecular weight excluding hydrogens is 256 g/mol. The fourth-order valence-electron chi connectivity index (χ4n) is 0.902. The van der Waals surface area contributed by atoms with Gasteiger partial charge >= 0.3 is 0 Å². The zero-order valence-corrected chi connectivity index (χ0v) is 13.8. The Morgan fingerprint density at radius 3 is 1.95 bits per heavy atom. The molecular formula is C15H30N2OS. The highest BCUT2D eigenvalue weighted by atomic mass is 32.2. The van der Waals surface area contributed by atoms with Gasteiger partial charge in [-0.05, 0) is 46.2 Å². The molecule has 0 bridgehead atoms. The van der Waals surface area contributed by atoms with Gasteiger partial charge in [0.15, 0.2) is 0 Å². The van der Waals surface area contributed by atoms with Crippen molar-refractivity contribution in [3.63, 3.8) is 0 Å². The number of benzene rings is 1. The zero-order chi connectivity index (χ0) is 15.4. The van der Waals surface area contributed by atoms with Gasteiger partial charge in [-0.25, -0.2) is 0 Å². The molecule has 0 aliphatic carbocycles. The normalized spacial score (nSPS) is 7.68. The molecule has 0 saturated carbocycles. The van der Waals surface area contributed by atoms with Crippen molar-refractivity contribution in [3.8, 4) is 0 Å². The zero-order valence-electron chi connectivity index (χ0n) is 13.0. The molecule has 0 radical (unpaired) electrons. The van der Waals surface area contributed by atoms with Crippen LogP contribution in [-0.4, -0.2) is 51.6 Å². The number of aryl methyl sites for hydroxylation is 1. The average molecular weight is 286 g/mol. The number of thioether (sulfide) groups is 1. The molecule has 0 fully saturated rings. The van der Waals surface area contributed by atoms with Gasteiger partial charge in [-0.1, -0.05) is 35.9 Å². The van der Waals surface area contributed by atoms with Gasteiger partial charge in [0.05, 0.1) is 0 Å².